The van der Waals surface area contributed by atoms with Gasteiger partial charge in [-0.2, -0.15) is 0 Å². The molecule has 126 valence electrons. The van der Waals surface area contributed by atoms with Gasteiger partial charge < -0.3 is 10.6 Å². The van der Waals surface area contributed by atoms with E-state index in [2.05, 4.69) is 20.8 Å². The van der Waals surface area contributed by atoms with Gasteiger partial charge in [-0.3, -0.25) is 4.79 Å². The second-order valence-corrected chi connectivity index (χ2v) is 5.29. The van der Waals surface area contributed by atoms with Crippen LogP contribution in [0, 0.1) is 18.6 Å². The van der Waals surface area contributed by atoms with Crippen molar-refractivity contribution >= 4 is 23.2 Å². The molecule has 0 saturated heterocycles. The van der Waals surface area contributed by atoms with Gasteiger partial charge in [-0.25, -0.2) is 8.78 Å². The highest BCUT2D eigenvalue weighted by Crippen LogP contribution is 2.22. The number of carbonyl (C=O) groups is 1. The summed E-state index contributed by atoms with van der Waals surface area (Å²) in [5.74, 6) is -1.41. The second kappa shape index (κ2) is 7.04. The summed E-state index contributed by atoms with van der Waals surface area (Å²) in [7, 11) is 0. The lowest BCUT2D eigenvalue weighted by molar-refractivity contribution is 0.102. The quantitative estimate of drug-likeness (QED) is 0.752. The first-order valence-corrected chi connectivity index (χ1v) is 7.46. The van der Waals surface area contributed by atoms with Crippen LogP contribution in [0.15, 0.2) is 54.6 Å². The zero-order chi connectivity index (χ0) is 17.8. The van der Waals surface area contributed by atoms with Gasteiger partial charge in [-0.05, 0) is 42.8 Å². The van der Waals surface area contributed by atoms with Crippen molar-refractivity contribution in [3.05, 3.63) is 77.4 Å². The summed E-state index contributed by atoms with van der Waals surface area (Å²) in [4.78, 5) is 12.2. The number of halogens is 2. The minimum Gasteiger partial charge on any atom is -0.334 e. The van der Waals surface area contributed by atoms with E-state index in [0.717, 1.165) is 17.7 Å². The minimum absolute atomic E-state index is 0.151. The molecule has 7 heteroatoms. The molecule has 0 aliphatic carbocycles. The van der Waals surface area contributed by atoms with Gasteiger partial charge in [0.2, 0.25) is 0 Å². The number of amides is 1. The molecule has 0 atom stereocenters. The number of rotatable bonds is 4. The van der Waals surface area contributed by atoms with Crippen molar-refractivity contribution in [3.63, 3.8) is 0 Å². The summed E-state index contributed by atoms with van der Waals surface area (Å²) in [6.45, 7) is 1.83. The van der Waals surface area contributed by atoms with Crippen LogP contribution in [0.3, 0.4) is 0 Å². The number of hydrogen-bond acceptors (Lipinski definition) is 4. The van der Waals surface area contributed by atoms with Crippen molar-refractivity contribution in [2.75, 3.05) is 10.6 Å². The normalized spacial score (nSPS) is 10.4. The predicted molar refractivity (Wildman–Crippen MR) is 90.8 cm³/mol. The van der Waals surface area contributed by atoms with E-state index in [1.54, 1.807) is 12.1 Å². The molecule has 0 unspecified atom stereocenters. The third-order valence-electron chi connectivity index (χ3n) is 3.51. The first kappa shape index (κ1) is 16.5. The van der Waals surface area contributed by atoms with Crippen LogP contribution in [0.25, 0.3) is 0 Å². The summed E-state index contributed by atoms with van der Waals surface area (Å²) >= 11 is 0. The second-order valence-electron chi connectivity index (χ2n) is 5.29. The predicted octanol–water partition coefficient (Wildman–Crippen LogP) is 4.06. The number of para-hydroxylation sites is 1. The zero-order valence-electron chi connectivity index (χ0n) is 13.3. The Bertz CT molecular complexity index is 893. The van der Waals surface area contributed by atoms with Crippen molar-refractivity contribution in [2.24, 2.45) is 0 Å². The van der Waals surface area contributed by atoms with Crippen molar-refractivity contribution in [1.82, 2.24) is 10.2 Å². The van der Waals surface area contributed by atoms with Crippen molar-refractivity contribution in [3.8, 4) is 0 Å². The largest absolute Gasteiger partial charge is 0.334 e. The Kier molecular flexibility index (Phi) is 4.65. The van der Waals surface area contributed by atoms with Crippen LogP contribution in [0.5, 0.6) is 0 Å². The van der Waals surface area contributed by atoms with E-state index in [-0.39, 0.29) is 23.2 Å². The van der Waals surface area contributed by atoms with Gasteiger partial charge in [0.1, 0.15) is 17.3 Å². The molecular weight excluding hydrogens is 326 g/mol. The number of nitrogens with one attached hydrogen (secondary N) is 2. The van der Waals surface area contributed by atoms with Crippen LogP contribution in [-0.4, -0.2) is 16.1 Å². The van der Waals surface area contributed by atoms with E-state index in [1.807, 2.05) is 19.1 Å². The van der Waals surface area contributed by atoms with Crippen LogP contribution in [0.4, 0.5) is 26.1 Å². The molecule has 1 heterocycles. The molecule has 0 aliphatic heterocycles. The monoisotopic (exact) mass is 340 g/mol. The summed E-state index contributed by atoms with van der Waals surface area (Å²) in [5.41, 5.74) is 1.05. The summed E-state index contributed by atoms with van der Waals surface area (Å²) in [5, 5.41) is 12.8. The fraction of sp³-hybridized carbons (Fsp3) is 0.0556. The van der Waals surface area contributed by atoms with E-state index in [1.165, 1.54) is 18.2 Å². The van der Waals surface area contributed by atoms with E-state index < -0.39 is 11.6 Å². The van der Waals surface area contributed by atoms with Gasteiger partial charge in [0.15, 0.2) is 11.6 Å². The van der Waals surface area contributed by atoms with Crippen LogP contribution in [0.1, 0.15) is 15.9 Å². The molecule has 25 heavy (non-hydrogen) atoms. The summed E-state index contributed by atoms with van der Waals surface area (Å²) in [6, 6.07) is 13.6. The Morgan fingerprint density at radius 2 is 1.52 bits per heavy atom. The first-order valence-electron chi connectivity index (χ1n) is 7.46. The molecule has 1 amide bonds. The minimum atomic E-state index is -0.737. The smallest absolute Gasteiger partial charge is 0.257 e. The zero-order valence-corrected chi connectivity index (χ0v) is 13.3. The average Bonchev–Trinajstić information content (AvgIpc) is 2.60. The third kappa shape index (κ3) is 3.77. The number of hydrogen-bond donors (Lipinski definition) is 2. The molecule has 2 N–H and O–H groups in total. The molecule has 0 saturated carbocycles. The number of benzene rings is 2. The SMILES string of the molecule is Cc1ccccc1C(=O)Nc1ccc(Nc2c(F)cccc2F)nn1. The van der Waals surface area contributed by atoms with Crippen LogP contribution in [-0.2, 0) is 0 Å². The molecule has 0 radical (unpaired) electrons. The van der Waals surface area contributed by atoms with Gasteiger partial charge in [0, 0.05) is 5.56 Å². The van der Waals surface area contributed by atoms with E-state index in [0.29, 0.717) is 5.56 Å². The molecule has 3 rings (SSSR count). The Morgan fingerprint density at radius 1 is 0.880 bits per heavy atom. The van der Waals surface area contributed by atoms with Gasteiger partial charge in [-0.15, -0.1) is 10.2 Å². The summed E-state index contributed by atoms with van der Waals surface area (Å²) < 4.78 is 27.2. The highest BCUT2D eigenvalue weighted by molar-refractivity contribution is 6.04. The first-order chi connectivity index (χ1) is 12.0. The van der Waals surface area contributed by atoms with E-state index >= 15 is 0 Å². The van der Waals surface area contributed by atoms with Crippen molar-refractivity contribution in [2.45, 2.75) is 6.92 Å². The lowest BCUT2D eigenvalue weighted by Crippen LogP contribution is -2.14. The highest BCUT2D eigenvalue weighted by Gasteiger charge is 2.11. The molecule has 1 aromatic heterocycles. The number of aromatic nitrogens is 2. The standard InChI is InChI=1S/C18H14F2N4O/c1-11-5-2-3-6-12(11)18(25)22-16-10-9-15(23-24-16)21-17-13(19)7-4-8-14(17)20/h2-10H,1H3,(H,21,23)(H,22,24,25). The van der Waals surface area contributed by atoms with Crippen LogP contribution < -0.4 is 10.6 Å². The van der Waals surface area contributed by atoms with Crippen molar-refractivity contribution in [1.29, 1.82) is 0 Å². The highest BCUT2D eigenvalue weighted by atomic mass is 19.1. The van der Waals surface area contributed by atoms with Crippen LogP contribution >= 0.6 is 0 Å². The fourth-order valence-corrected chi connectivity index (χ4v) is 2.22. The molecular formula is C18H14F2N4O. The molecule has 5 nitrogen and oxygen atoms in total. The Balaban J connectivity index is 1.72. The van der Waals surface area contributed by atoms with Gasteiger partial charge in [0.25, 0.3) is 5.91 Å². The molecule has 0 aliphatic rings. The molecule has 3 aromatic rings. The maximum atomic E-state index is 13.6. The lowest BCUT2D eigenvalue weighted by atomic mass is 10.1. The average molecular weight is 340 g/mol. The number of nitrogens with zero attached hydrogens (tertiary/aromatic N) is 2. The Hall–Kier alpha value is -3.35. The topological polar surface area (TPSA) is 66.9 Å². The molecule has 0 spiro atoms. The lowest BCUT2D eigenvalue weighted by Gasteiger charge is -2.09. The Labute approximate surface area is 142 Å². The molecule has 2 aromatic carbocycles. The molecule has 0 bridgehead atoms. The number of aryl methyl sites for hydroxylation is 1. The number of anilines is 3. The van der Waals surface area contributed by atoms with Crippen molar-refractivity contribution < 1.29 is 13.6 Å². The molecule has 0 fully saturated rings. The maximum Gasteiger partial charge on any atom is 0.257 e. The van der Waals surface area contributed by atoms with Crippen LogP contribution in [0.2, 0.25) is 0 Å². The van der Waals surface area contributed by atoms with Gasteiger partial charge in [0.05, 0.1) is 0 Å². The summed E-state index contributed by atoms with van der Waals surface area (Å²) in [6.07, 6.45) is 0. The van der Waals surface area contributed by atoms with E-state index in [4.69, 9.17) is 0 Å². The number of carbonyl (C=O) groups excluding carboxylic acids is 1. The van der Waals surface area contributed by atoms with E-state index in [9.17, 15) is 13.6 Å². The third-order valence-corrected chi connectivity index (χ3v) is 3.51. The maximum absolute atomic E-state index is 13.6. The van der Waals surface area contributed by atoms with Gasteiger partial charge in [-0.1, -0.05) is 24.3 Å². The van der Waals surface area contributed by atoms with Gasteiger partial charge >= 0.3 is 0 Å². The Morgan fingerprint density at radius 3 is 2.16 bits per heavy atom. The fourth-order valence-electron chi connectivity index (χ4n) is 2.22.